The highest BCUT2D eigenvalue weighted by Crippen LogP contribution is 2.32. The van der Waals surface area contributed by atoms with Crippen LogP contribution >= 0.6 is 11.8 Å². The molecule has 0 radical (unpaired) electrons. The van der Waals surface area contributed by atoms with Crippen LogP contribution in [0.2, 0.25) is 0 Å². The molecule has 1 unspecified atom stereocenters. The zero-order valence-electron chi connectivity index (χ0n) is 13.7. The fourth-order valence-corrected chi connectivity index (χ4v) is 3.92. The average Bonchev–Trinajstić information content (AvgIpc) is 3.25. The Kier molecular flexibility index (Phi) is 5.50. The summed E-state index contributed by atoms with van der Waals surface area (Å²) < 4.78 is 10.6. The maximum Gasteiger partial charge on any atom is 0.243 e. The second-order valence-electron chi connectivity index (χ2n) is 5.89. The zero-order chi connectivity index (χ0) is 16.9. The van der Waals surface area contributed by atoms with Gasteiger partial charge in [-0.05, 0) is 24.1 Å². The van der Waals surface area contributed by atoms with Gasteiger partial charge < -0.3 is 19.7 Å². The largest absolute Gasteiger partial charge is 0.454 e. The van der Waals surface area contributed by atoms with Crippen LogP contribution in [-0.4, -0.2) is 41.2 Å². The molecule has 2 heterocycles. The van der Waals surface area contributed by atoms with Gasteiger partial charge in [0, 0.05) is 18.7 Å². The van der Waals surface area contributed by atoms with E-state index in [0.29, 0.717) is 30.3 Å². The smallest absolute Gasteiger partial charge is 0.243 e. The predicted molar refractivity (Wildman–Crippen MR) is 91.9 cm³/mol. The van der Waals surface area contributed by atoms with Crippen molar-refractivity contribution in [2.24, 2.45) is 0 Å². The van der Waals surface area contributed by atoms with Crippen LogP contribution < -0.4 is 14.8 Å². The van der Waals surface area contributed by atoms with Crippen molar-refractivity contribution in [3.8, 4) is 11.5 Å². The van der Waals surface area contributed by atoms with Gasteiger partial charge in [0.2, 0.25) is 18.6 Å². The van der Waals surface area contributed by atoms with Crippen LogP contribution in [0, 0.1) is 0 Å². The highest BCUT2D eigenvalue weighted by molar-refractivity contribution is 7.99. The van der Waals surface area contributed by atoms with E-state index in [1.54, 1.807) is 16.7 Å². The molecule has 7 heteroatoms. The topological polar surface area (TPSA) is 67.9 Å². The summed E-state index contributed by atoms with van der Waals surface area (Å²) in [7, 11) is 0. The lowest BCUT2D eigenvalue weighted by molar-refractivity contribution is -0.138. The summed E-state index contributed by atoms with van der Waals surface area (Å²) in [5, 5.41) is 2.93. The van der Waals surface area contributed by atoms with Gasteiger partial charge in [-0.2, -0.15) is 0 Å². The molecule has 24 heavy (non-hydrogen) atoms. The van der Waals surface area contributed by atoms with Crippen LogP contribution in [0.1, 0.15) is 31.7 Å². The summed E-state index contributed by atoms with van der Waals surface area (Å²) in [6.07, 6.45) is 2.36. The van der Waals surface area contributed by atoms with E-state index in [0.717, 1.165) is 24.2 Å². The molecule has 1 fully saturated rings. The van der Waals surface area contributed by atoms with Gasteiger partial charge in [0.15, 0.2) is 11.5 Å². The molecule has 2 aliphatic heterocycles. The number of nitrogens with zero attached hydrogens (tertiary/aromatic N) is 1. The molecule has 0 aromatic heterocycles. The van der Waals surface area contributed by atoms with Crippen LogP contribution in [0.25, 0.3) is 0 Å². The number of rotatable bonds is 6. The summed E-state index contributed by atoms with van der Waals surface area (Å²) in [5.74, 6) is 2.67. The first-order chi connectivity index (χ1) is 11.7. The van der Waals surface area contributed by atoms with Gasteiger partial charge in [-0.15, -0.1) is 11.8 Å². The van der Waals surface area contributed by atoms with Crippen molar-refractivity contribution in [2.45, 2.75) is 38.8 Å². The maximum atomic E-state index is 12.5. The van der Waals surface area contributed by atoms with Crippen LogP contribution in [-0.2, 0) is 16.1 Å². The molecule has 2 amide bonds. The first-order valence-corrected chi connectivity index (χ1v) is 9.38. The zero-order valence-corrected chi connectivity index (χ0v) is 14.6. The minimum Gasteiger partial charge on any atom is -0.454 e. The average molecular weight is 350 g/mol. The van der Waals surface area contributed by atoms with E-state index in [-0.39, 0.29) is 24.6 Å². The van der Waals surface area contributed by atoms with Gasteiger partial charge in [0.1, 0.15) is 6.04 Å². The minimum atomic E-state index is -0.367. The highest BCUT2D eigenvalue weighted by Gasteiger charge is 2.34. The molecule has 1 N–H and O–H groups in total. The van der Waals surface area contributed by atoms with Gasteiger partial charge in [0.25, 0.3) is 0 Å². The fourth-order valence-electron chi connectivity index (χ4n) is 2.74. The Morgan fingerprint density at radius 3 is 3.00 bits per heavy atom. The Balaban J connectivity index is 1.55. The lowest BCUT2D eigenvalue weighted by atomic mass is 10.2. The molecular formula is C17H22N2O4S. The number of hydrogen-bond acceptors (Lipinski definition) is 5. The molecule has 3 rings (SSSR count). The lowest BCUT2D eigenvalue weighted by Crippen LogP contribution is -2.47. The van der Waals surface area contributed by atoms with E-state index in [9.17, 15) is 9.59 Å². The number of unbranched alkanes of at least 4 members (excludes halogenated alkanes) is 1. The number of ether oxygens (including phenoxy) is 2. The third-order valence-electron chi connectivity index (χ3n) is 4.15. The second-order valence-corrected chi connectivity index (χ2v) is 6.89. The molecule has 0 aliphatic carbocycles. The standard InChI is InChI=1S/C17H22N2O4S/c1-2-3-4-16(20)19-10-24-9-13(19)17(21)18-8-12-5-6-14-15(7-12)23-11-22-14/h5-7,13H,2-4,8-11H2,1H3,(H,18,21). The summed E-state index contributed by atoms with van der Waals surface area (Å²) >= 11 is 1.63. The van der Waals surface area contributed by atoms with E-state index in [1.165, 1.54) is 0 Å². The summed E-state index contributed by atoms with van der Waals surface area (Å²) in [4.78, 5) is 26.4. The number of carbonyl (C=O) groups is 2. The van der Waals surface area contributed by atoms with Crippen molar-refractivity contribution >= 4 is 23.6 Å². The fraction of sp³-hybridized carbons (Fsp3) is 0.529. The first-order valence-electron chi connectivity index (χ1n) is 8.22. The minimum absolute atomic E-state index is 0.0741. The second kappa shape index (κ2) is 7.79. The van der Waals surface area contributed by atoms with Crippen molar-refractivity contribution in [2.75, 3.05) is 18.4 Å². The SMILES string of the molecule is CCCCC(=O)N1CSCC1C(=O)NCc1ccc2c(c1)OCO2. The van der Waals surface area contributed by atoms with E-state index in [1.807, 2.05) is 18.2 Å². The summed E-state index contributed by atoms with van der Waals surface area (Å²) in [5.41, 5.74) is 0.946. The van der Waals surface area contributed by atoms with Crippen LogP contribution in [0.4, 0.5) is 0 Å². The van der Waals surface area contributed by atoms with Crippen molar-refractivity contribution in [3.05, 3.63) is 23.8 Å². The Morgan fingerprint density at radius 2 is 2.17 bits per heavy atom. The van der Waals surface area contributed by atoms with E-state index >= 15 is 0 Å². The quantitative estimate of drug-likeness (QED) is 0.851. The van der Waals surface area contributed by atoms with Crippen LogP contribution in [0.3, 0.4) is 0 Å². The van der Waals surface area contributed by atoms with Crippen molar-refractivity contribution in [3.63, 3.8) is 0 Å². The molecular weight excluding hydrogens is 328 g/mol. The molecule has 1 aromatic rings. The summed E-state index contributed by atoms with van der Waals surface area (Å²) in [6, 6.07) is 5.25. The van der Waals surface area contributed by atoms with Crippen LogP contribution in [0.5, 0.6) is 11.5 Å². The number of amides is 2. The highest BCUT2D eigenvalue weighted by atomic mass is 32.2. The molecule has 6 nitrogen and oxygen atoms in total. The van der Waals surface area contributed by atoms with E-state index < -0.39 is 0 Å². The Labute approximate surface area is 145 Å². The monoisotopic (exact) mass is 350 g/mol. The number of nitrogens with one attached hydrogen (secondary N) is 1. The molecule has 2 aliphatic rings. The Hall–Kier alpha value is -1.89. The maximum absolute atomic E-state index is 12.5. The Bertz CT molecular complexity index is 623. The van der Waals surface area contributed by atoms with E-state index in [4.69, 9.17) is 9.47 Å². The molecule has 1 atom stereocenters. The van der Waals surface area contributed by atoms with E-state index in [2.05, 4.69) is 12.2 Å². The molecule has 0 bridgehead atoms. The third kappa shape index (κ3) is 3.77. The molecule has 0 spiro atoms. The predicted octanol–water partition coefficient (Wildman–Crippen LogP) is 2.12. The molecule has 0 saturated carbocycles. The van der Waals surface area contributed by atoms with Crippen LogP contribution in [0.15, 0.2) is 18.2 Å². The van der Waals surface area contributed by atoms with Gasteiger partial charge >= 0.3 is 0 Å². The van der Waals surface area contributed by atoms with Gasteiger partial charge in [-0.25, -0.2) is 0 Å². The summed E-state index contributed by atoms with van der Waals surface area (Å²) in [6.45, 7) is 2.70. The van der Waals surface area contributed by atoms with Crippen molar-refractivity contribution in [1.82, 2.24) is 10.2 Å². The Morgan fingerprint density at radius 1 is 1.33 bits per heavy atom. The van der Waals surface area contributed by atoms with Gasteiger partial charge in [-0.1, -0.05) is 19.4 Å². The normalized spacial score (nSPS) is 18.7. The molecule has 1 aromatic carbocycles. The first kappa shape index (κ1) is 17.0. The lowest BCUT2D eigenvalue weighted by Gasteiger charge is -2.23. The number of carbonyl (C=O) groups excluding carboxylic acids is 2. The number of fused-ring (bicyclic) bond motifs is 1. The molecule has 1 saturated heterocycles. The number of thioether (sulfide) groups is 1. The number of benzene rings is 1. The molecule has 130 valence electrons. The van der Waals surface area contributed by atoms with Crippen molar-refractivity contribution in [1.29, 1.82) is 0 Å². The van der Waals surface area contributed by atoms with Gasteiger partial charge in [-0.3, -0.25) is 9.59 Å². The third-order valence-corrected chi connectivity index (χ3v) is 5.17. The number of hydrogen-bond donors (Lipinski definition) is 1. The van der Waals surface area contributed by atoms with Crippen molar-refractivity contribution < 1.29 is 19.1 Å². The van der Waals surface area contributed by atoms with Gasteiger partial charge in [0.05, 0.1) is 5.88 Å².